The lowest BCUT2D eigenvalue weighted by Gasteiger charge is -2.33. The van der Waals surface area contributed by atoms with E-state index in [4.69, 9.17) is 5.73 Å². The minimum Gasteiger partial charge on any atom is -0.326 e. The van der Waals surface area contributed by atoms with Gasteiger partial charge in [-0.05, 0) is 38.8 Å². The Morgan fingerprint density at radius 3 is 2.84 bits per heavy atom. The average Bonchev–Trinajstić information content (AvgIpc) is 2.65. The van der Waals surface area contributed by atoms with Gasteiger partial charge in [0.25, 0.3) is 0 Å². The van der Waals surface area contributed by atoms with Crippen LogP contribution in [0.5, 0.6) is 0 Å². The smallest absolute Gasteiger partial charge is 0.0670 e. The van der Waals surface area contributed by atoms with Gasteiger partial charge in [0.2, 0.25) is 0 Å². The molecule has 1 fully saturated rings. The Kier molecular flexibility index (Phi) is 4.99. The zero-order valence-corrected chi connectivity index (χ0v) is 12.6. The summed E-state index contributed by atoms with van der Waals surface area (Å²) in [5.74, 6) is 0. The maximum Gasteiger partial charge on any atom is 0.0670 e. The summed E-state index contributed by atoms with van der Waals surface area (Å²) in [6.07, 6.45) is 8.00. The van der Waals surface area contributed by atoms with Crippen LogP contribution in [0.25, 0.3) is 0 Å². The number of aryl methyl sites for hydroxylation is 2. The highest BCUT2D eigenvalue weighted by Gasteiger charge is 2.30. The Bertz CT molecular complexity index is 399. The molecular weight excluding hydrogens is 236 g/mol. The van der Waals surface area contributed by atoms with Gasteiger partial charge in [0.15, 0.2) is 0 Å². The van der Waals surface area contributed by atoms with E-state index in [1.54, 1.807) is 0 Å². The summed E-state index contributed by atoms with van der Waals surface area (Å²) < 4.78 is 1.94. The van der Waals surface area contributed by atoms with Gasteiger partial charge in [0.1, 0.15) is 0 Å². The molecule has 1 saturated heterocycles. The van der Waals surface area contributed by atoms with Gasteiger partial charge in [-0.1, -0.05) is 20.3 Å². The van der Waals surface area contributed by atoms with Gasteiger partial charge >= 0.3 is 0 Å². The molecule has 1 aromatic heterocycles. The van der Waals surface area contributed by atoms with Gasteiger partial charge in [-0.25, -0.2) is 0 Å². The van der Waals surface area contributed by atoms with Crippen molar-refractivity contribution < 1.29 is 0 Å². The van der Waals surface area contributed by atoms with Gasteiger partial charge in [-0.15, -0.1) is 0 Å². The van der Waals surface area contributed by atoms with Gasteiger partial charge in [-0.3, -0.25) is 9.58 Å². The van der Waals surface area contributed by atoms with E-state index in [1.165, 1.54) is 37.1 Å². The van der Waals surface area contributed by atoms with E-state index in [0.29, 0.717) is 6.04 Å². The average molecular weight is 264 g/mol. The molecule has 0 aromatic carbocycles. The summed E-state index contributed by atoms with van der Waals surface area (Å²) >= 11 is 0. The number of rotatable bonds is 4. The summed E-state index contributed by atoms with van der Waals surface area (Å²) in [7, 11) is 2.01. The van der Waals surface area contributed by atoms with Crippen LogP contribution >= 0.6 is 0 Å². The fraction of sp³-hybridized carbons (Fsp3) is 0.800. The maximum atomic E-state index is 6.49. The van der Waals surface area contributed by atoms with Crippen LogP contribution in [0, 0.1) is 0 Å². The van der Waals surface area contributed by atoms with Crippen LogP contribution < -0.4 is 5.73 Å². The maximum absolute atomic E-state index is 6.49. The standard InChI is InChI=1S/C15H28N4/c1-4-9-19-10-7-6-8-13(16)15(19)12-11-18(3)17-14(12)5-2/h11,13,15H,4-10,16H2,1-3H3. The summed E-state index contributed by atoms with van der Waals surface area (Å²) in [5.41, 5.74) is 9.05. The summed E-state index contributed by atoms with van der Waals surface area (Å²) in [4.78, 5) is 2.58. The Hall–Kier alpha value is -0.870. The zero-order chi connectivity index (χ0) is 13.8. The third kappa shape index (κ3) is 3.18. The third-order valence-corrected chi connectivity index (χ3v) is 4.13. The monoisotopic (exact) mass is 264 g/mol. The minimum atomic E-state index is 0.239. The molecule has 4 nitrogen and oxygen atoms in total. The molecule has 2 rings (SSSR count). The van der Waals surface area contributed by atoms with Gasteiger partial charge in [-0.2, -0.15) is 5.10 Å². The first-order valence-corrected chi connectivity index (χ1v) is 7.69. The molecule has 0 radical (unpaired) electrons. The lowest BCUT2D eigenvalue weighted by Crippen LogP contribution is -2.40. The normalized spacial score (nSPS) is 25.5. The lowest BCUT2D eigenvalue weighted by atomic mass is 9.96. The highest BCUT2D eigenvalue weighted by atomic mass is 15.3. The predicted molar refractivity (Wildman–Crippen MR) is 79.0 cm³/mol. The molecule has 4 heteroatoms. The van der Waals surface area contributed by atoms with Crippen LogP contribution in [0.1, 0.15) is 56.8 Å². The molecule has 2 N–H and O–H groups in total. The fourth-order valence-electron chi connectivity index (χ4n) is 3.30. The van der Waals surface area contributed by atoms with Crippen LogP contribution in [0.15, 0.2) is 6.20 Å². The van der Waals surface area contributed by atoms with E-state index in [2.05, 4.69) is 30.0 Å². The van der Waals surface area contributed by atoms with E-state index in [-0.39, 0.29) is 6.04 Å². The number of nitrogens with zero attached hydrogens (tertiary/aromatic N) is 3. The lowest BCUT2D eigenvalue weighted by molar-refractivity contribution is 0.185. The Balaban J connectivity index is 2.33. The Morgan fingerprint density at radius 2 is 2.16 bits per heavy atom. The van der Waals surface area contributed by atoms with Crippen molar-refractivity contribution in [2.75, 3.05) is 13.1 Å². The quantitative estimate of drug-likeness (QED) is 0.907. The van der Waals surface area contributed by atoms with Crippen LogP contribution in [0.4, 0.5) is 0 Å². The zero-order valence-electron chi connectivity index (χ0n) is 12.6. The number of likely N-dealkylation sites (tertiary alicyclic amines) is 1. The second kappa shape index (κ2) is 6.53. The molecule has 0 bridgehead atoms. The molecule has 1 aliphatic rings. The van der Waals surface area contributed by atoms with E-state index in [0.717, 1.165) is 19.4 Å². The largest absolute Gasteiger partial charge is 0.326 e. The van der Waals surface area contributed by atoms with Gasteiger partial charge < -0.3 is 5.73 Å². The van der Waals surface area contributed by atoms with Crippen LogP contribution in [0.3, 0.4) is 0 Å². The highest BCUT2D eigenvalue weighted by molar-refractivity contribution is 5.23. The van der Waals surface area contributed by atoms with Crippen molar-refractivity contribution in [3.63, 3.8) is 0 Å². The van der Waals surface area contributed by atoms with Crippen molar-refractivity contribution in [1.29, 1.82) is 0 Å². The molecule has 0 aliphatic carbocycles. The van der Waals surface area contributed by atoms with Crippen molar-refractivity contribution >= 4 is 0 Å². The van der Waals surface area contributed by atoms with Crippen molar-refractivity contribution in [2.24, 2.45) is 12.8 Å². The third-order valence-electron chi connectivity index (χ3n) is 4.13. The van der Waals surface area contributed by atoms with Crippen LogP contribution in [-0.2, 0) is 13.5 Å². The first-order valence-electron chi connectivity index (χ1n) is 7.69. The SMILES string of the molecule is CCCN1CCCCC(N)C1c1cn(C)nc1CC. The minimum absolute atomic E-state index is 0.239. The molecule has 108 valence electrons. The van der Waals surface area contributed by atoms with E-state index < -0.39 is 0 Å². The van der Waals surface area contributed by atoms with Crippen LogP contribution in [0.2, 0.25) is 0 Å². The number of nitrogens with two attached hydrogens (primary N) is 1. The Labute approximate surface area is 117 Å². The second-order valence-electron chi connectivity index (χ2n) is 5.70. The van der Waals surface area contributed by atoms with Crippen LogP contribution in [-0.4, -0.2) is 33.8 Å². The van der Waals surface area contributed by atoms with Crippen molar-refractivity contribution in [3.05, 3.63) is 17.5 Å². The van der Waals surface area contributed by atoms with E-state index >= 15 is 0 Å². The first kappa shape index (κ1) is 14.5. The van der Waals surface area contributed by atoms with Crippen molar-refractivity contribution in [3.8, 4) is 0 Å². The predicted octanol–water partition coefficient (Wildman–Crippen LogP) is 2.25. The van der Waals surface area contributed by atoms with Gasteiger partial charge in [0, 0.05) is 24.8 Å². The molecule has 0 amide bonds. The molecule has 0 spiro atoms. The van der Waals surface area contributed by atoms with E-state index in [9.17, 15) is 0 Å². The summed E-state index contributed by atoms with van der Waals surface area (Å²) in [6.45, 7) is 6.73. The van der Waals surface area contributed by atoms with Crippen molar-refractivity contribution in [2.45, 2.75) is 58.0 Å². The molecule has 1 aromatic rings. The number of hydrogen-bond acceptors (Lipinski definition) is 3. The molecule has 0 saturated carbocycles. The fourth-order valence-corrected chi connectivity index (χ4v) is 3.30. The topological polar surface area (TPSA) is 47.1 Å². The summed E-state index contributed by atoms with van der Waals surface area (Å²) in [5, 5.41) is 4.60. The number of aromatic nitrogens is 2. The first-order chi connectivity index (χ1) is 9.17. The molecule has 1 aliphatic heterocycles. The summed E-state index contributed by atoms with van der Waals surface area (Å²) in [6, 6.07) is 0.592. The number of hydrogen-bond donors (Lipinski definition) is 1. The van der Waals surface area contributed by atoms with E-state index in [1.807, 2.05) is 11.7 Å². The van der Waals surface area contributed by atoms with Crippen molar-refractivity contribution in [1.82, 2.24) is 14.7 Å². The highest BCUT2D eigenvalue weighted by Crippen LogP contribution is 2.31. The molecule has 2 atom stereocenters. The molecule has 2 heterocycles. The molecular formula is C15H28N4. The Morgan fingerprint density at radius 1 is 1.37 bits per heavy atom. The second-order valence-corrected chi connectivity index (χ2v) is 5.70. The molecule has 2 unspecified atom stereocenters. The molecule has 19 heavy (non-hydrogen) atoms. The van der Waals surface area contributed by atoms with Gasteiger partial charge in [0.05, 0.1) is 11.7 Å².